The van der Waals surface area contributed by atoms with Crippen molar-refractivity contribution in [3.8, 4) is 5.88 Å². The maximum absolute atomic E-state index is 5.27. The van der Waals surface area contributed by atoms with Crippen LogP contribution in [0.15, 0.2) is 35.2 Å². The first-order chi connectivity index (χ1) is 7.88. The lowest BCUT2D eigenvalue weighted by Crippen LogP contribution is -2.02. The molecule has 0 aliphatic carbocycles. The van der Waals surface area contributed by atoms with E-state index in [0.717, 1.165) is 11.6 Å². The summed E-state index contributed by atoms with van der Waals surface area (Å²) in [5, 5.41) is 3.12. The molecule has 0 atom stereocenters. The maximum atomic E-state index is 5.27. The Morgan fingerprint density at radius 2 is 2.38 bits per heavy atom. The molecule has 0 aliphatic rings. The van der Waals surface area contributed by atoms with E-state index in [2.05, 4.69) is 15.3 Å². The number of hydrogen-bond acceptors (Lipinski definition) is 5. The molecule has 0 fully saturated rings. The van der Waals surface area contributed by atoms with Crippen molar-refractivity contribution in [2.24, 2.45) is 0 Å². The Hall–Kier alpha value is -2.04. The second-order valence-corrected chi connectivity index (χ2v) is 3.11. The van der Waals surface area contributed by atoms with Crippen LogP contribution in [0, 0.1) is 0 Å². The van der Waals surface area contributed by atoms with Gasteiger partial charge in [0, 0.05) is 6.07 Å². The molecule has 2 rings (SSSR count). The second kappa shape index (κ2) is 5.16. The van der Waals surface area contributed by atoms with Crippen LogP contribution in [0.1, 0.15) is 12.7 Å². The minimum absolute atomic E-state index is 0.569. The number of rotatable bonds is 5. The Bertz CT molecular complexity index is 429. The molecular weight excluding hydrogens is 206 g/mol. The van der Waals surface area contributed by atoms with E-state index in [1.165, 1.54) is 6.33 Å². The lowest BCUT2D eigenvalue weighted by Gasteiger charge is -2.05. The van der Waals surface area contributed by atoms with E-state index in [9.17, 15) is 0 Å². The zero-order valence-electron chi connectivity index (χ0n) is 9.01. The molecule has 1 N–H and O–H groups in total. The molecule has 0 saturated carbocycles. The van der Waals surface area contributed by atoms with Gasteiger partial charge in [-0.1, -0.05) is 0 Å². The van der Waals surface area contributed by atoms with E-state index in [4.69, 9.17) is 9.15 Å². The highest BCUT2D eigenvalue weighted by atomic mass is 16.5. The first-order valence-corrected chi connectivity index (χ1v) is 5.09. The fourth-order valence-corrected chi connectivity index (χ4v) is 1.25. The molecule has 2 aromatic heterocycles. The van der Waals surface area contributed by atoms with Crippen molar-refractivity contribution in [3.05, 3.63) is 36.5 Å². The number of furan rings is 1. The van der Waals surface area contributed by atoms with Crippen LogP contribution in [-0.4, -0.2) is 16.6 Å². The van der Waals surface area contributed by atoms with Gasteiger partial charge in [0.2, 0.25) is 5.88 Å². The highest BCUT2D eigenvalue weighted by Gasteiger charge is 2.00. The number of aromatic nitrogens is 2. The molecule has 0 aromatic carbocycles. The third kappa shape index (κ3) is 2.73. The number of nitrogens with one attached hydrogen (secondary N) is 1. The van der Waals surface area contributed by atoms with Crippen molar-refractivity contribution in [1.29, 1.82) is 0 Å². The average molecular weight is 219 g/mol. The van der Waals surface area contributed by atoms with Crippen LogP contribution in [0.3, 0.4) is 0 Å². The molecule has 0 saturated heterocycles. The normalized spacial score (nSPS) is 10.1. The first kappa shape index (κ1) is 10.5. The van der Waals surface area contributed by atoms with Gasteiger partial charge < -0.3 is 14.5 Å². The van der Waals surface area contributed by atoms with Gasteiger partial charge in [0.25, 0.3) is 0 Å². The van der Waals surface area contributed by atoms with Gasteiger partial charge in [-0.2, -0.15) is 0 Å². The molecule has 16 heavy (non-hydrogen) atoms. The van der Waals surface area contributed by atoms with Crippen LogP contribution < -0.4 is 10.1 Å². The molecule has 84 valence electrons. The second-order valence-electron chi connectivity index (χ2n) is 3.11. The van der Waals surface area contributed by atoms with Gasteiger partial charge in [-0.3, -0.25) is 0 Å². The van der Waals surface area contributed by atoms with Gasteiger partial charge in [-0.05, 0) is 19.1 Å². The van der Waals surface area contributed by atoms with Crippen LogP contribution in [0.5, 0.6) is 5.88 Å². The number of hydrogen-bond donors (Lipinski definition) is 1. The van der Waals surface area contributed by atoms with Crippen molar-refractivity contribution in [3.63, 3.8) is 0 Å². The van der Waals surface area contributed by atoms with Crippen molar-refractivity contribution in [2.45, 2.75) is 13.5 Å². The predicted octanol–water partition coefficient (Wildman–Crippen LogP) is 2.08. The van der Waals surface area contributed by atoms with E-state index in [-0.39, 0.29) is 0 Å². The molecule has 0 bridgehead atoms. The van der Waals surface area contributed by atoms with Crippen LogP contribution in [-0.2, 0) is 6.54 Å². The summed E-state index contributed by atoms with van der Waals surface area (Å²) in [6, 6.07) is 5.51. The highest BCUT2D eigenvalue weighted by molar-refractivity contribution is 5.37. The summed E-state index contributed by atoms with van der Waals surface area (Å²) < 4.78 is 10.5. The third-order valence-electron chi connectivity index (χ3n) is 1.96. The Morgan fingerprint density at radius 3 is 3.12 bits per heavy atom. The lowest BCUT2D eigenvalue weighted by molar-refractivity contribution is 0.326. The Morgan fingerprint density at radius 1 is 1.44 bits per heavy atom. The largest absolute Gasteiger partial charge is 0.478 e. The summed E-state index contributed by atoms with van der Waals surface area (Å²) in [7, 11) is 0. The number of nitrogens with zero attached hydrogens (tertiary/aromatic N) is 2. The smallest absolute Gasteiger partial charge is 0.218 e. The zero-order valence-corrected chi connectivity index (χ0v) is 9.01. The monoisotopic (exact) mass is 219 g/mol. The SMILES string of the molecule is CCOc1cc(NCc2ccco2)ncn1. The summed E-state index contributed by atoms with van der Waals surface area (Å²) in [6.07, 6.45) is 3.11. The fraction of sp³-hybridized carbons (Fsp3) is 0.273. The van der Waals surface area contributed by atoms with Crippen LogP contribution in [0.4, 0.5) is 5.82 Å². The summed E-state index contributed by atoms with van der Waals surface area (Å²) in [5.74, 6) is 2.14. The summed E-state index contributed by atoms with van der Waals surface area (Å²) in [5.41, 5.74) is 0. The molecule has 5 heteroatoms. The highest BCUT2D eigenvalue weighted by Crippen LogP contribution is 2.12. The van der Waals surface area contributed by atoms with E-state index in [0.29, 0.717) is 19.0 Å². The van der Waals surface area contributed by atoms with Crippen molar-refractivity contribution < 1.29 is 9.15 Å². The van der Waals surface area contributed by atoms with E-state index < -0.39 is 0 Å². The van der Waals surface area contributed by atoms with Crippen LogP contribution in [0.25, 0.3) is 0 Å². The molecule has 5 nitrogen and oxygen atoms in total. The molecule has 0 radical (unpaired) electrons. The zero-order chi connectivity index (χ0) is 11.2. The minimum Gasteiger partial charge on any atom is -0.478 e. The molecule has 2 heterocycles. The molecule has 0 spiro atoms. The third-order valence-corrected chi connectivity index (χ3v) is 1.96. The Balaban J connectivity index is 1.96. The first-order valence-electron chi connectivity index (χ1n) is 5.09. The molecule has 0 amide bonds. The maximum Gasteiger partial charge on any atom is 0.218 e. The van der Waals surface area contributed by atoms with Crippen molar-refractivity contribution in [2.75, 3.05) is 11.9 Å². The van der Waals surface area contributed by atoms with Crippen molar-refractivity contribution >= 4 is 5.82 Å². The van der Waals surface area contributed by atoms with E-state index in [1.54, 1.807) is 12.3 Å². The van der Waals surface area contributed by atoms with Crippen LogP contribution in [0.2, 0.25) is 0 Å². The van der Waals surface area contributed by atoms with Gasteiger partial charge in [-0.15, -0.1) is 0 Å². The molecular formula is C11H13N3O2. The van der Waals surface area contributed by atoms with Gasteiger partial charge in [0.1, 0.15) is 17.9 Å². The van der Waals surface area contributed by atoms with Gasteiger partial charge in [-0.25, -0.2) is 9.97 Å². The van der Waals surface area contributed by atoms with Crippen molar-refractivity contribution in [1.82, 2.24) is 9.97 Å². The molecule has 0 unspecified atom stereocenters. The predicted molar refractivity (Wildman–Crippen MR) is 59.2 cm³/mol. The Kier molecular flexibility index (Phi) is 3.38. The van der Waals surface area contributed by atoms with Gasteiger partial charge in [0.05, 0.1) is 19.4 Å². The number of ether oxygens (including phenoxy) is 1. The summed E-state index contributed by atoms with van der Waals surface area (Å²) in [6.45, 7) is 3.10. The topological polar surface area (TPSA) is 60.2 Å². The van der Waals surface area contributed by atoms with Gasteiger partial charge in [0.15, 0.2) is 0 Å². The molecule has 0 aliphatic heterocycles. The fourth-order valence-electron chi connectivity index (χ4n) is 1.25. The van der Waals surface area contributed by atoms with Gasteiger partial charge >= 0.3 is 0 Å². The van der Waals surface area contributed by atoms with Crippen LogP contribution >= 0.6 is 0 Å². The molecule has 2 aromatic rings. The minimum atomic E-state index is 0.569. The average Bonchev–Trinajstić information content (AvgIpc) is 2.80. The van der Waals surface area contributed by atoms with E-state index in [1.807, 2.05) is 19.1 Å². The quantitative estimate of drug-likeness (QED) is 0.834. The lowest BCUT2D eigenvalue weighted by atomic mass is 10.4. The number of anilines is 1. The van der Waals surface area contributed by atoms with E-state index >= 15 is 0 Å². The summed E-state index contributed by atoms with van der Waals surface area (Å²) >= 11 is 0. The standard InChI is InChI=1S/C11H13N3O2/c1-2-15-11-6-10(13-8-14-11)12-7-9-4-3-5-16-9/h3-6,8H,2,7H2,1H3,(H,12,13,14). The Labute approximate surface area is 93.5 Å². The summed E-state index contributed by atoms with van der Waals surface area (Å²) in [4.78, 5) is 8.05.